The van der Waals surface area contributed by atoms with Gasteiger partial charge in [0.05, 0.1) is 5.69 Å². The Bertz CT molecular complexity index is 491. The van der Waals surface area contributed by atoms with E-state index < -0.39 is 0 Å². The van der Waals surface area contributed by atoms with E-state index in [1.54, 1.807) is 13.1 Å². The molecular formula is C13H18N4OS. The van der Waals surface area contributed by atoms with Gasteiger partial charge < -0.3 is 15.5 Å². The molecular weight excluding hydrogens is 260 g/mol. The Morgan fingerprint density at radius 3 is 2.84 bits per heavy atom. The Morgan fingerprint density at radius 1 is 1.37 bits per heavy atom. The lowest BCUT2D eigenvalue weighted by molar-refractivity contribution is -0.128. The van der Waals surface area contributed by atoms with Crippen LogP contribution >= 0.6 is 12.2 Å². The minimum atomic E-state index is 0.127. The van der Waals surface area contributed by atoms with Gasteiger partial charge in [0.1, 0.15) is 10.7 Å². The summed E-state index contributed by atoms with van der Waals surface area (Å²) in [6, 6.07) is 3.86. The summed E-state index contributed by atoms with van der Waals surface area (Å²) in [7, 11) is 0. The van der Waals surface area contributed by atoms with Gasteiger partial charge in [-0.2, -0.15) is 0 Å². The van der Waals surface area contributed by atoms with Crippen LogP contribution in [0.1, 0.15) is 19.0 Å². The van der Waals surface area contributed by atoms with Crippen molar-refractivity contribution in [3.63, 3.8) is 0 Å². The third-order valence-electron chi connectivity index (χ3n) is 3.30. The van der Waals surface area contributed by atoms with Crippen LogP contribution in [0.25, 0.3) is 0 Å². The van der Waals surface area contributed by atoms with E-state index in [0.717, 1.165) is 38.3 Å². The summed E-state index contributed by atoms with van der Waals surface area (Å²) in [5.41, 5.74) is 7.33. The number of amides is 1. The SMILES string of the molecule is CC(=O)N1CCCN(c2cccnc2C(N)=S)CC1. The van der Waals surface area contributed by atoms with E-state index in [1.165, 1.54) is 0 Å². The predicted octanol–water partition coefficient (Wildman–Crippen LogP) is 0.774. The van der Waals surface area contributed by atoms with Crippen LogP contribution in [0.2, 0.25) is 0 Å². The summed E-state index contributed by atoms with van der Waals surface area (Å²) >= 11 is 5.04. The number of thiocarbonyl (C=S) groups is 1. The molecule has 1 fully saturated rings. The number of aromatic nitrogens is 1. The maximum Gasteiger partial charge on any atom is 0.219 e. The number of nitrogens with two attached hydrogens (primary N) is 1. The Morgan fingerprint density at radius 2 is 2.16 bits per heavy atom. The molecule has 0 spiro atoms. The predicted molar refractivity (Wildman–Crippen MR) is 79.2 cm³/mol. The van der Waals surface area contributed by atoms with Crippen LogP contribution in [-0.4, -0.2) is 47.0 Å². The number of pyridine rings is 1. The first-order valence-electron chi connectivity index (χ1n) is 6.35. The molecule has 1 aliphatic rings. The fourth-order valence-electron chi connectivity index (χ4n) is 2.32. The second kappa shape index (κ2) is 5.97. The molecule has 1 aromatic heterocycles. The van der Waals surface area contributed by atoms with Crippen LogP contribution in [0.5, 0.6) is 0 Å². The van der Waals surface area contributed by atoms with E-state index in [4.69, 9.17) is 18.0 Å². The Kier molecular flexibility index (Phi) is 4.31. The van der Waals surface area contributed by atoms with Gasteiger partial charge in [-0.25, -0.2) is 0 Å². The first-order chi connectivity index (χ1) is 9.09. The second-order valence-electron chi connectivity index (χ2n) is 4.58. The van der Waals surface area contributed by atoms with Crippen LogP contribution in [0.4, 0.5) is 5.69 Å². The number of anilines is 1. The molecule has 2 N–H and O–H groups in total. The molecule has 1 aliphatic heterocycles. The Balaban J connectivity index is 2.19. The quantitative estimate of drug-likeness (QED) is 0.810. The van der Waals surface area contributed by atoms with E-state index in [9.17, 15) is 4.79 Å². The summed E-state index contributed by atoms with van der Waals surface area (Å²) in [5, 5.41) is 0. The highest BCUT2D eigenvalue weighted by Gasteiger charge is 2.19. The minimum Gasteiger partial charge on any atom is -0.388 e. The van der Waals surface area contributed by atoms with Gasteiger partial charge in [-0.05, 0) is 18.6 Å². The third-order valence-corrected chi connectivity index (χ3v) is 3.50. The normalized spacial score (nSPS) is 16.1. The van der Waals surface area contributed by atoms with Crippen molar-refractivity contribution in [2.75, 3.05) is 31.1 Å². The topological polar surface area (TPSA) is 62.5 Å². The molecule has 0 unspecified atom stereocenters. The van der Waals surface area contributed by atoms with Crippen molar-refractivity contribution < 1.29 is 4.79 Å². The lowest BCUT2D eigenvalue weighted by atomic mass is 10.2. The first-order valence-corrected chi connectivity index (χ1v) is 6.75. The molecule has 0 aromatic carbocycles. The number of carbonyl (C=O) groups excluding carboxylic acids is 1. The summed E-state index contributed by atoms with van der Waals surface area (Å²) in [6.07, 6.45) is 2.63. The number of nitrogens with zero attached hydrogens (tertiary/aromatic N) is 3. The van der Waals surface area contributed by atoms with Crippen LogP contribution in [0.15, 0.2) is 18.3 Å². The summed E-state index contributed by atoms with van der Waals surface area (Å²) in [6.45, 7) is 4.79. The van der Waals surface area contributed by atoms with Gasteiger partial charge in [0, 0.05) is 39.3 Å². The number of hydrogen-bond donors (Lipinski definition) is 1. The van der Waals surface area contributed by atoms with E-state index in [2.05, 4.69) is 9.88 Å². The average Bonchev–Trinajstić information content (AvgIpc) is 2.64. The average molecular weight is 278 g/mol. The molecule has 1 amide bonds. The number of hydrogen-bond acceptors (Lipinski definition) is 4. The van der Waals surface area contributed by atoms with E-state index in [0.29, 0.717) is 10.7 Å². The maximum absolute atomic E-state index is 11.4. The Labute approximate surface area is 118 Å². The zero-order valence-corrected chi connectivity index (χ0v) is 11.8. The molecule has 5 nitrogen and oxygen atoms in total. The van der Waals surface area contributed by atoms with Gasteiger partial charge in [0.2, 0.25) is 5.91 Å². The summed E-state index contributed by atoms with van der Waals surface area (Å²) in [4.78, 5) is 20.1. The van der Waals surface area contributed by atoms with Gasteiger partial charge in [0.25, 0.3) is 0 Å². The first kappa shape index (κ1) is 13.7. The highest BCUT2D eigenvalue weighted by molar-refractivity contribution is 7.80. The Hall–Kier alpha value is -1.69. The highest BCUT2D eigenvalue weighted by atomic mass is 32.1. The highest BCUT2D eigenvalue weighted by Crippen LogP contribution is 2.20. The fourth-order valence-corrected chi connectivity index (χ4v) is 2.47. The smallest absolute Gasteiger partial charge is 0.219 e. The van der Waals surface area contributed by atoms with Crippen molar-refractivity contribution in [1.82, 2.24) is 9.88 Å². The van der Waals surface area contributed by atoms with Crippen molar-refractivity contribution in [3.8, 4) is 0 Å². The molecule has 1 aromatic rings. The van der Waals surface area contributed by atoms with E-state index >= 15 is 0 Å². The van der Waals surface area contributed by atoms with Crippen LogP contribution in [-0.2, 0) is 4.79 Å². The van der Waals surface area contributed by atoms with Crippen molar-refractivity contribution in [2.24, 2.45) is 5.73 Å². The van der Waals surface area contributed by atoms with Crippen molar-refractivity contribution in [3.05, 3.63) is 24.0 Å². The van der Waals surface area contributed by atoms with E-state index in [-0.39, 0.29) is 5.91 Å². The molecule has 1 saturated heterocycles. The molecule has 2 rings (SSSR count). The largest absolute Gasteiger partial charge is 0.388 e. The van der Waals surface area contributed by atoms with Crippen LogP contribution in [0, 0.1) is 0 Å². The fraction of sp³-hybridized carbons (Fsp3) is 0.462. The minimum absolute atomic E-state index is 0.127. The van der Waals surface area contributed by atoms with Gasteiger partial charge in [-0.15, -0.1) is 0 Å². The third kappa shape index (κ3) is 3.20. The monoisotopic (exact) mass is 278 g/mol. The molecule has 2 heterocycles. The molecule has 0 radical (unpaired) electrons. The van der Waals surface area contributed by atoms with E-state index in [1.807, 2.05) is 17.0 Å². The van der Waals surface area contributed by atoms with Gasteiger partial charge in [0.15, 0.2) is 0 Å². The van der Waals surface area contributed by atoms with Crippen molar-refractivity contribution in [2.45, 2.75) is 13.3 Å². The summed E-state index contributed by atoms with van der Waals surface area (Å²) in [5.74, 6) is 0.127. The zero-order valence-electron chi connectivity index (χ0n) is 11.0. The molecule has 0 aliphatic carbocycles. The lowest BCUT2D eigenvalue weighted by Gasteiger charge is -2.24. The molecule has 0 atom stereocenters. The van der Waals surface area contributed by atoms with Gasteiger partial charge in [-0.1, -0.05) is 12.2 Å². The summed E-state index contributed by atoms with van der Waals surface area (Å²) < 4.78 is 0. The molecule has 102 valence electrons. The maximum atomic E-state index is 11.4. The molecule has 6 heteroatoms. The lowest BCUT2D eigenvalue weighted by Crippen LogP contribution is -2.34. The number of rotatable bonds is 2. The van der Waals surface area contributed by atoms with Crippen LogP contribution in [0.3, 0.4) is 0 Å². The number of carbonyl (C=O) groups is 1. The molecule has 0 saturated carbocycles. The molecule has 19 heavy (non-hydrogen) atoms. The zero-order chi connectivity index (χ0) is 13.8. The van der Waals surface area contributed by atoms with Gasteiger partial charge in [-0.3, -0.25) is 9.78 Å². The molecule has 0 bridgehead atoms. The van der Waals surface area contributed by atoms with Crippen molar-refractivity contribution >= 4 is 28.8 Å². The van der Waals surface area contributed by atoms with Crippen molar-refractivity contribution in [1.29, 1.82) is 0 Å². The standard InChI is InChI=1S/C13H18N4OS/c1-10(18)16-6-3-7-17(9-8-16)11-4-2-5-15-12(11)13(14)19/h2,4-5H,3,6-9H2,1H3,(H2,14,19). The second-order valence-corrected chi connectivity index (χ2v) is 5.02. The van der Waals surface area contributed by atoms with Crippen LogP contribution < -0.4 is 10.6 Å². The van der Waals surface area contributed by atoms with Gasteiger partial charge >= 0.3 is 0 Å².